The number of carboxylic acid groups (broad SMARTS) is 1. The van der Waals surface area contributed by atoms with E-state index in [1.807, 2.05) is 12.1 Å². The van der Waals surface area contributed by atoms with Gasteiger partial charge in [-0.3, -0.25) is 4.90 Å². The molecule has 1 aliphatic heterocycles. The van der Waals surface area contributed by atoms with Crippen LogP contribution in [0, 0.1) is 0 Å². The molecule has 1 saturated heterocycles. The monoisotopic (exact) mass is 262 g/mol. The summed E-state index contributed by atoms with van der Waals surface area (Å²) in [6.07, 6.45) is 2.39. The number of hydrogen-bond acceptors (Lipinski definition) is 3. The van der Waals surface area contributed by atoms with Gasteiger partial charge in [0.25, 0.3) is 0 Å². The van der Waals surface area contributed by atoms with Gasteiger partial charge in [-0.2, -0.15) is 0 Å². The maximum Gasteiger partial charge on any atom is 0.335 e. The minimum absolute atomic E-state index is 0.373. The average Bonchev–Trinajstić information content (AvgIpc) is 2.40. The fraction of sp³-hybridized carbons (Fsp3) is 0.533. The van der Waals surface area contributed by atoms with E-state index in [1.54, 1.807) is 12.1 Å². The maximum atomic E-state index is 11.0. The summed E-state index contributed by atoms with van der Waals surface area (Å²) >= 11 is 0. The zero-order valence-electron chi connectivity index (χ0n) is 11.4. The molecule has 0 bridgehead atoms. The molecular formula is C15H22N2O2. The third-order valence-electron chi connectivity index (χ3n) is 3.56. The number of hydrogen-bond donors (Lipinski definition) is 2. The molecule has 4 heteroatoms. The van der Waals surface area contributed by atoms with Crippen LogP contribution in [0.5, 0.6) is 0 Å². The number of benzene rings is 1. The van der Waals surface area contributed by atoms with Crippen LogP contribution < -0.4 is 5.32 Å². The molecule has 4 nitrogen and oxygen atoms in total. The van der Waals surface area contributed by atoms with Crippen LogP contribution in [0.15, 0.2) is 24.3 Å². The molecule has 0 aliphatic carbocycles. The lowest BCUT2D eigenvalue weighted by Crippen LogP contribution is -2.50. The van der Waals surface area contributed by atoms with Crippen molar-refractivity contribution in [3.05, 3.63) is 35.4 Å². The van der Waals surface area contributed by atoms with Crippen molar-refractivity contribution in [1.82, 2.24) is 10.2 Å². The fourth-order valence-corrected chi connectivity index (χ4v) is 2.64. The Labute approximate surface area is 114 Å². The van der Waals surface area contributed by atoms with Crippen molar-refractivity contribution < 1.29 is 9.90 Å². The smallest absolute Gasteiger partial charge is 0.335 e. The highest BCUT2D eigenvalue weighted by molar-refractivity contribution is 5.87. The van der Waals surface area contributed by atoms with Crippen LogP contribution in [0.25, 0.3) is 0 Å². The molecule has 19 heavy (non-hydrogen) atoms. The van der Waals surface area contributed by atoms with Gasteiger partial charge in [-0.25, -0.2) is 4.79 Å². The molecule has 1 aromatic carbocycles. The molecule has 0 spiro atoms. The first-order valence-electron chi connectivity index (χ1n) is 6.97. The highest BCUT2D eigenvalue weighted by atomic mass is 16.4. The Morgan fingerprint density at radius 1 is 1.53 bits per heavy atom. The first-order chi connectivity index (χ1) is 9.19. The highest BCUT2D eigenvalue weighted by Gasteiger charge is 2.18. The first kappa shape index (κ1) is 14.0. The van der Waals surface area contributed by atoms with Gasteiger partial charge in [-0.15, -0.1) is 0 Å². The van der Waals surface area contributed by atoms with E-state index in [-0.39, 0.29) is 0 Å². The van der Waals surface area contributed by atoms with Crippen molar-refractivity contribution in [2.75, 3.05) is 19.6 Å². The molecule has 1 atom stereocenters. The first-order valence-corrected chi connectivity index (χ1v) is 6.97. The molecule has 0 unspecified atom stereocenters. The SMILES string of the molecule is CCC[C@@H]1CN(Cc2cccc(C(=O)O)c2)CCN1. The second-order valence-electron chi connectivity index (χ2n) is 5.18. The molecule has 0 amide bonds. The number of nitrogens with one attached hydrogen (secondary N) is 1. The molecule has 104 valence electrons. The van der Waals surface area contributed by atoms with Gasteiger partial charge < -0.3 is 10.4 Å². The van der Waals surface area contributed by atoms with Crippen LogP contribution >= 0.6 is 0 Å². The van der Waals surface area contributed by atoms with Crippen molar-refractivity contribution in [3.8, 4) is 0 Å². The van der Waals surface area contributed by atoms with Gasteiger partial charge in [0.15, 0.2) is 0 Å². The van der Waals surface area contributed by atoms with Gasteiger partial charge in [0.2, 0.25) is 0 Å². The predicted molar refractivity (Wildman–Crippen MR) is 75.4 cm³/mol. The van der Waals surface area contributed by atoms with Gasteiger partial charge in [-0.1, -0.05) is 25.5 Å². The van der Waals surface area contributed by atoms with Crippen molar-refractivity contribution in [1.29, 1.82) is 0 Å². The van der Waals surface area contributed by atoms with Crippen LogP contribution in [0.2, 0.25) is 0 Å². The van der Waals surface area contributed by atoms with Crippen LogP contribution in [-0.4, -0.2) is 41.7 Å². The van der Waals surface area contributed by atoms with Gasteiger partial charge in [-0.05, 0) is 24.1 Å². The molecule has 0 aromatic heterocycles. The van der Waals surface area contributed by atoms with Crippen molar-refractivity contribution in [2.24, 2.45) is 0 Å². The van der Waals surface area contributed by atoms with Crippen molar-refractivity contribution >= 4 is 5.97 Å². The summed E-state index contributed by atoms with van der Waals surface area (Å²) in [7, 11) is 0. The van der Waals surface area contributed by atoms with E-state index in [4.69, 9.17) is 5.11 Å². The Balaban J connectivity index is 1.96. The molecule has 0 radical (unpaired) electrons. The van der Waals surface area contributed by atoms with Crippen LogP contribution in [0.3, 0.4) is 0 Å². The van der Waals surface area contributed by atoms with Gasteiger partial charge in [0, 0.05) is 32.2 Å². The summed E-state index contributed by atoms with van der Waals surface area (Å²) in [4.78, 5) is 13.4. The Bertz CT molecular complexity index is 432. The Hall–Kier alpha value is -1.39. The van der Waals surface area contributed by atoms with Crippen molar-refractivity contribution in [3.63, 3.8) is 0 Å². The second kappa shape index (κ2) is 6.68. The molecule has 2 N–H and O–H groups in total. The van der Waals surface area contributed by atoms with Crippen LogP contribution in [0.1, 0.15) is 35.7 Å². The molecule has 0 saturated carbocycles. The minimum atomic E-state index is -0.856. The summed E-state index contributed by atoms with van der Waals surface area (Å²) in [6, 6.07) is 7.82. The van der Waals surface area contributed by atoms with Crippen LogP contribution in [-0.2, 0) is 6.54 Å². The van der Waals surface area contributed by atoms with E-state index in [0.717, 1.165) is 31.7 Å². The standard InChI is InChI=1S/C15H22N2O2/c1-2-4-14-11-17(8-7-16-14)10-12-5-3-6-13(9-12)15(18)19/h3,5-6,9,14,16H,2,4,7-8,10-11H2,1H3,(H,18,19)/t14-/m1/s1. The predicted octanol–water partition coefficient (Wildman–Crippen LogP) is 1.96. The normalized spacial score (nSPS) is 20.4. The number of nitrogens with zero attached hydrogens (tertiary/aromatic N) is 1. The highest BCUT2D eigenvalue weighted by Crippen LogP contribution is 2.12. The lowest BCUT2D eigenvalue weighted by Gasteiger charge is -2.33. The van der Waals surface area contributed by atoms with E-state index in [1.165, 1.54) is 12.8 Å². The van der Waals surface area contributed by atoms with Gasteiger partial charge in [0.05, 0.1) is 5.56 Å². The zero-order valence-corrected chi connectivity index (χ0v) is 11.4. The zero-order chi connectivity index (χ0) is 13.7. The number of aromatic carboxylic acids is 1. The van der Waals surface area contributed by atoms with E-state index in [0.29, 0.717) is 11.6 Å². The quantitative estimate of drug-likeness (QED) is 0.851. The van der Waals surface area contributed by atoms with E-state index in [9.17, 15) is 4.79 Å². The second-order valence-corrected chi connectivity index (χ2v) is 5.18. The average molecular weight is 262 g/mol. The number of piperazine rings is 1. The Morgan fingerprint density at radius 2 is 2.37 bits per heavy atom. The van der Waals surface area contributed by atoms with E-state index < -0.39 is 5.97 Å². The molecular weight excluding hydrogens is 240 g/mol. The van der Waals surface area contributed by atoms with E-state index in [2.05, 4.69) is 17.1 Å². The third kappa shape index (κ3) is 4.04. The lowest BCUT2D eigenvalue weighted by molar-refractivity contribution is 0.0696. The lowest BCUT2D eigenvalue weighted by atomic mass is 10.1. The Morgan fingerprint density at radius 3 is 3.11 bits per heavy atom. The number of carboxylic acids is 1. The van der Waals surface area contributed by atoms with Crippen LogP contribution in [0.4, 0.5) is 0 Å². The number of rotatable bonds is 5. The van der Waals surface area contributed by atoms with Gasteiger partial charge in [0.1, 0.15) is 0 Å². The summed E-state index contributed by atoms with van der Waals surface area (Å²) in [5.41, 5.74) is 1.45. The summed E-state index contributed by atoms with van der Waals surface area (Å²) < 4.78 is 0. The van der Waals surface area contributed by atoms with Crippen molar-refractivity contribution in [2.45, 2.75) is 32.4 Å². The molecule has 2 rings (SSSR count). The molecule has 1 fully saturated rings. The van der Waals surface area contributed by atoms with E-state index >= 15 is 0 Å². The summed E-state index contributed by atoms with van der Waals surface area (Å²) in [6.45, 7) is 6.13. The summed E-state index contributed by atoms with van der Waals surface area (Å²) in [5, 5.41) is 12.5. The molecule has 1 aromatic rings. The third-order valence-corrected chi connectivity index (χ3v) is 3.56. The molecule has 1 aliphatic rings. The maximum absolute atomic E-state index is 11.0. The fourth-order valence-electron chi connectivity index (χ4n) is 2.64. The minimum Gasteiger partial charge on any atom is -0.478 e. The topological polar surface area (TPSA) is 52.6 Å². The van der Waals surface area contributed by atoms with Gasteiger partial charge >= 0.3 is 5.97 Å². The molecule has 1 heterocycles. The Kier molecular flexibility index (Phi) is 4.93. The summed E-state index contributed by atoms with van der Waals surface area (Å²) in [5.74, 6) is -0.856. The number of carbonyl (C=O) groups is 1. The largest absolute Gasteiger partial charge is 0.478 e.